The van der Waals surface area contributed by atoms with Gasteiger partial charge < -0.3 is 14.9 Å². The molecule has 6 nitrogen and oxygen atoms in total. The van der Waals surface area contributed by atoms with Crippen molar-refractivity contribution in [3.05, 3.63) is 73.1 Å². The number of pyridine rings is 1. The first-order chi connectivity index (χ1) is 13.3. The first-order valence-electron chi connectivity index (χ1n) is 9.07. The Hall–Kier alpha value is -3.41. The van der Waals surface area contributed by atoms with Gasteiger partial charge in [0, 0.05) is 24.8 Å². The van der Waals surface area contributed by atoms with Crippen LogP contribution in [0.3, 0.4) is 0 Å². The summed E-state index contributed by atoms with van der Waals surface area (Å²) in [6, 6.07) is 14.3. The van der Waals surface area contributed by atoms with E-state index in [2.05, 4.69) is 48.0 Å². The molecule has 1 aromatic carbocycles. The van der Waals surface area contributed by atoms with Crippen LogP contribution in [0.2, 0.25) is 0 Å². The summed E-state index contributed by atoms with van der Waals surface area (Å²) < 4.78 is 2.18. The Morgan fingerprint density at radius 1 is 1.04 bits per heavy atom. The Labute approximate surface area is 158 Å². The zero-order chi connectivity index (χ0) is 18.5. The van der Waals surface area contributed by atoms with Crippen LogP contribution in [-0.2, 0) is 6.54 Å². The average molecular weight is 358 g/mol. The topological polar surface area (TPSA) is 71.4 Å². The Morgan fingerprint density at radius 2 is 1.93 bits per heavy atom. The van der Waals surface area contributed by atoms with Gasteiger partial charge in [0.15, 0.2) is 0 Å². The number of aryl methyl sites for hydroxylation is 2. The molecule has 0 saturated carbocycles. The monoisotopic (exact) mass is 358 g/mol. The molecule has 27 heavy (non-hydrogen) atoms. The molecule has 2 N–H and O–H groups in total. The maximum absolute atomic E-state index is 4.67. The Kier molecular flexibility index (Phi) is 4.96. The molecule has 0 unspecified atom stereocenters. The van der Waals surface area contributed by atoms with Crippen molar-refractivity contribution in [2.75, 3.05) is 11.9 Å². The highest BCUT2D eigenvalue weighted by Gasteiger charge is 2.15. The number of nitrogens with one attached hydrogen (secondary N) is 2. The highest BCUT2D eigenvalue weighted by molar-refractivity contribution is 5.76. The molecule has 0 fully saturated rings. The lowest BCUT2D eigenvalue weighted by atomic mass is 10.1. The van der Waals surface area contributed by atoms with Crippen LogP contribution in [0.25, 0.3) is 22.6 Å². The predicted octanol–water partition coefficient (Wildman–Crippen LogP) is 4.15. The van der Waals surface area contributed by atoms with Crippen LogP contribution in [0.1, 0.15) is 12.0 Å². The Morgan fingerprint density at radius 3 is 2.67 bits per heavy atom. The lowest BCUT2D eigenvalue weighted by Gasteiger charge is -2.10. The van der Waals surface area contributed by atoms with E-state index in [1.165, 1.54) is 0 Å². The molecule has 0 spiro atoms. The van der Waals surface area contributed by atoms with Gasteiger partial charge in [0.25, 0.3) is 0 Å². The van der Waals surface area contributed by atoms with E-state index in [-0.39, 0.29) is 0 Å². The fourth-order valence-corrected chi connectivity index (χ4v) is 3.07. The molecule has 3 heterocycles. The third kappa shape index (κ3) is 3.89. The average Bonchev–Trinajstić information content (AvgIpc) is 3.37. The third-order valence-electron chi connectivity index (χ3n) is 4.43. The fourth-order valence-electron chi connectivity index (χ4n) is 3.07. The van der Waals surface area contributed by atoms with Crippen LogP contribution in [0.5, 0.6) is 0 Å². The molecule has 6 heteroatoms. The van der Waals surface area contributed by atoms with Crippen molar-refractivity contribution in [1.29, 1.82) is 0 Å². The smallest absolute Gasteiger partial charge is 0.125 e. The number of anilines is 1. The van der Waals surface area contributed by atoms with E-state index in [1.807, 2.05) is 49.9 Å². The minimum atomic E-state index is 0.845. The summed E-state index contributed by atoms with van der Waals surface area (Å²) in [4.78, 5) is 16.4. The van der Waals surface area contributed by atoms with Crippen LogP contribution in [0.15, 0.2) is 67.5 Å². The maximum atomic E-state index is 4.67. The molecule has 3 aromatic heterocycles. The number of nitrogens with zero attached hydrogens (tertiary/aromatic N) is 4. The third-order valence-corrected chi connectivity index (χ3v) is 4.43. The van der Waals surface area contributed by atoms with Gasteiger partial charge in [-0.15, -0.1) is 0 Å². The van der Waals surface area contributed by atoms with Crippen molar-refractivity contribution in [2.45, 2.75) is 19.9 Å². The van der Waals surface area contributed by atoms with Gasteiger partial charge in [-0.25, -0.2) is 15.0 Å². The van der Waals surface area contributed by atoms with Crippen molar-refractivity contribution < 1.29 is 0 Å². The SMILES string of the molecule is Cc1ccc(NCCCn2cnc(-c3ccccc3)c2-c2cnc[nH]2)nc1. The number of aromatic nitrogens is 5. The zero-order valence-electron chi connectivity index (χ0n) is 15.3. The molecular formula is C21H22N6. The number of rotatable bonds is 7. The highest BCUT2D eigenvalue weighted by Crippen LogP contribution is 2.29. The van der Waals surface area contributed by atoms with Gasteiger partial charge >= 0.3 is 0 Å². The lowest BCUT2D eigenvalue weighted by molar-refractivity contribution is 0.664. The number of hydrogen-bond donors (Lipinski definition) is 2. The van der Waals surface area contributed by atoms with Crippen LogP contribution in [0.4, 0.5) is 5.82 Å². The Bertz CT molecular complexity index is 971. The zero-order valence-corrected chi connectivity index (χ0v) is 15.3. The predicted molar refractivity (Wildman–Crippen MR) is 107 cm³/mol. The highest BCUT2D eigenvalue weighted by atomic mass is 15.1. The van der Waals surface area contributed by atoms with Gasteiger partial charge in [-0.05, 0) is 25.0 Å². The number of H-pyrrole nitrogens is 1. The summed E-state index contributed by atoms with van der Waals surface area (Å²) in [5.41, 5.74) is 5.26. The van der Waals surface area contributed by atoms with Crippen LogP contribution in [0, 0.1) is 6.92 Å². The molecule has 0 amide bonds. The normalized spacial score (nSPS) is 10.9. The summed E-state index contributed by atoms with van der Waals surface area (Å²) in [6.07, 6.45) is 8.28. The van der Waals surface area contributed by atoms with Crippen molar-refractivity contribution >= 4 is 5.82 Å². The molecule has 0 saturated heterocycles. The van der Waals surface area contributed by atoms with Gasteiger partial charge in [-0.1, -0.05) is 36.4 Å². The van der Waals surface area contributed by atoms with E-state index in [0.717, 1.165) is 53.5 Å². The second-order valence-corrected chi connectivity index (χ2v) is 6.47. The van der Waals surface area contributed by atoms with Gasteiger partial charge in [0.2, 0.25) is 0 Å². The van der Waals surface area contributed by atoms with Crippen LogP contribution >= 0.6 is 0 Å². The minimum absolute atomic E-state index is 0.845. The summed E-state index contributed by atoms with van der Waals surface area (Å²) in [5.74, 6) is 0.907. The van der Waals surface area contributed by atoms with Gasteiger partial charge in [-0.2, -0.15) is 0 Å². The van der Waals surface area contributed by atoms with Gasteiger partial charge in [-0.3, -0.25) is 0 Å². The first-order valence-corrected chi connectivity index (χ1v) is 9.07. The van der Waals surface area contributed by atoms with Crippen molar-refractivity contribution in [1.82, 2.24) is 24.5 Å². The molecule has 0 aliphatic heterocycles. The molecule has 0 aliphatic rings. The summed E-state index contributed by atoms with van der Waals surface area (Å²) in [6.45, 7) is 3.74. The molecule has 0 bridgehead atoms. The van der Waals surface area contributed by atoms with E-state index < -0.39 is 0 Å². The number of imidazole rings is 2. The van der Waals surface area contributed by atoms with E-state index in [1.54, 1.807) is 6.33 Å². The molecule has 136 valence electrons. The molecule has 4 aromatic rings. The molecule has 4 rings (SSSR count). The van der Waals surface area contributed by atoms with Crippen LogP contribution in [-0.4, -0.2) is 31.0 Å². The lowest BCUT2D eigenvalue weighted by Crippen LogP contribution is -2.08. The quantitative estimate of drug-likeness (QED) is 0.487. The second kappa shape index (κ2) is 7.86. The summed E-state index contributed by atoms with van der Waals surface area (Å²) in [7, 11) is 0. The Balaban J connectivity index is 1.49. The fraction of sp³-hybridized carbons (Fsp3) is 0.190. The second-order valence-electron chi connectivity index (χ2n) is 6.47. The summed E-state index contributed by atoms with van der Waals surface area (Å²) in [5, 5.41) is 3.37. The number of hydrogen-bond acceptors (Lipinski definition) is 4. The number of aromatic amines is 1. The number of benzene rings is 1. The summed E-state index contributed by atoms with van der Waals surface area (Å²) >= 11 is 0. The van der Waals surface area contributed by atoms with Crippen molar-refractivity contribution in [2.24, 2.45) is 0 Å². The molecule has 0 atom stereocenters. The van der Waals surface area contributed by atoms with Crippen molar-refractivity contribution in [3.63, 3.8) is 0 Å². The standard InChI is InChI=1S/C21H22N6/c1-16-8-9-19(24-12-16)23-10-5-11-27-15-26-20(17-6-3-2-4-7-17)21(27)18-13-22-14-25-18/h2-4,6-9,12-15H,5,10-11H2,1H3,(H,22,25)(H,23,24). The maximum Gasteiger partial charge on any atom is 0.125 e. The molecular weight excluding hydrogens is 336 g/mol. The van der Waals surface area contributed by atoms with E-state index >= 15 is 0 Å². The van der Waals surface area contributed by atoms with Crippen molar-refractivity contribution in [3.8, 4) is 22.6 Å². The van der Waals surface area contributed by atoms with Gasteiger partial charge in [0.05, 0.1) is 35.9 Å². The van der Waals surface area contributed by atoms with E-state index in [4.69, 9.17) is 0 Å². The minimum Gasteiger partial charge on any atom is -0.370 e. The largest absolute Gasteiger partial charge is 0.370 e. The van der Waals surface area contributed by atoms with E-state index in [0.29, 0.717) is 0 Å². The first kappa shape index (κ1) is 17.0. The molecule has 0 radical (unpaired) electrons. The van der Waals surface area contributed by atoms with Gasteiger partial charge in [0.1, 0.15) is 5.82 Å². The van der Waals surface area contributed by atoms with Crippen LogP contribution < -0.4 is 5.32 Å². The molecule has 0 aliphatic carbocycles. The van der Waals surface area contributed by atoms with E-state index in [9.17, 15) is 0 Å².